The number of imidazole rings is 1. The van der Waals surface area contributed by atoms with E-state index >= 15 is 0 Å². The van der Waals surface area contributed by atoms with Crippen LogP contribution in [0.4, 0.5) is 14.6 Å². The molecule has 0 radical (unpaired) electrons. The minimum atomic E-state index is -3.08. The van der Waals surface area contributed by atoms with Gasteiger partial charge in [0.25, 0.3) is 11.5 Å². The van der Waals surface area contributed by atoms with E-state index in [0.717, 1.165) is 11.5 Å². The number of carbonyl (C=O) groups is 1. The van der Waals surface area contributed by atoms with Crippen molar-refractivity contribution in [3.8, 4) is 11.3 Å². The van der Waals surface area contributed by atoms with Crippen LogP contribution in [0, 0.1) is 13.8 Å². The van der Waals surface area contributed by atoms with Gasteiger partial charge in [0, 0.05) is 25.7 Å². The second-order valence-electron chi connectivity index (χ2n) is 9.25. The molecule has 0 bridgehead atoms. The maximum atomic E-state index is 13.7. The summed E-state index contributed by atoms with van der Waals surface area (Å²) in [6.45, 7) is 3.37. The number of fused-ring (bicyclic) bond motifs is 1. The first kappa shape index (κ1) is 26.5. The molecule has 0 saturated carbocycles. The fourth-order valence-electron chi connectivity index (χ4n) is 4.30. The average molecular weight is 552 g/mol. The number of nitrogens with one attached hydrogen (secondary N) is 1. The number of aryl methyl sites for hydroxylation is 3. The molecule has 5 aromatic heterocycles. The molecule has 1 amide bonds. The van der Waals surface area contributed by atoms with Gasteiger partial charge in [-0.2, -0.15) is 13.8 Å². The van der Waals surface area contributed by atoms with Crippen molar-refractivity contribution >= 4 is 22.9 Å². The predicted molar refractivity (Wildman–Crippen MR) is 138 cm³/mol. The van der Waals surface area contributed by atoms with Gasteiger partial charge in [0.2, 0.25) is 11.8 Å². The molecular weight excluding hydrogens is 528 g/mol. The van der Waals surface area contributed by atoms with Gasteiger partial charge in [-0.05, 0) is 37.6 Å². The van der Waals surface area contributed by atoms with Crippen LogP contribution in [0.5, 0.6) is 0 Å². The summed E-state index contributed by atoms with van der Waals surface area (Å²) >= 11 is 0. The van der Waals surface area contributed by atoms with E-state index in [2.05, 4.69) is 30.4 Å². The average Bonchev–Trinajstić information content (AvgIpc) is 3.50. The van der Waals surface area contributed by atoms with Crippen molar-refractivity contribution in [3.05, 3.63) is 80.6 Å². The Morgan fingerprint density at radius 3 is 2.60 bits per heavy atom. The second-order valence-corrected chi connectivity index (χ2v) is 9.25. The molecule has 15 heteroatoms. The van der Waals surface area contributed by atoms with Gasteiger partial charge in [0.15, 0.2) is 17.0 Å². The van der Waals surface area contributed by atoms with Gasteiger partial charge < -0.3 is 14.4 Å². The number of amides is 1. The molecule has 206 valence electrons. The van der Waals surface area contributed by atoms with E-state index in [9.17, 15) is 23.2 Å². The third kappa shape index (κ3) is 5.00. The van der Waals surface area contributed by atoms with Crippen LogP contribution in [-0.4, -0.2) is 44.7 Å². The van der Waals surface area contributed by atoms with Gasteiger partial charge in [-0.25, -0.2) is 19.3 Å². The quantitative estimate of drug-likeness (QED) is 0.320. The van der Waals surface area contributed by atoms with Crippen molar-refractivity contribution in [2.75, 3.05) is 5.32 Å². The van der Waals surface area contributed by atoms with Crippen molar-refractivity contribution in [2.24, 2.45) is 7.05 Å². The zero-order valence-electron chi connectivity index (χ0n) is 21.8. The molecule has 0 spiro atoms. The number of rotatable bonds is 7. The van der Waals surface area contributed by atoms with Gasteiger partial charge in [-0.3, -0.25) is 19.1 Å². The molecule has 5 aromatic rings. The predicted octanol–water partition coefficient (Wildman–Crippen LogP) is 2.15. The lowest BCUT2D eigenvalue weighted by atomic mass is 10.1. The Hall–Kier alpha value is -5.08. The number of nitrogens with zero attached hydrogens (tertiary/aromatic N) is 8. The van der Waals surface area contributed by atoms with E-state index in [-0.39, 0.29) is 41.7 Å². The third-order valence-electron chi connectivity index (χ3n) is 6.09. The zero-order chi connectivity index (χ0) is 28.8. The highest BCUT2D eigenvalue weighted by Gasteiger charge is 2.28. The summed E-state index contributed by atoms with van der Waals surface area (Å²) in [5, 5.41) is 6.32. The Morgan fingerprint density at radius 1 is 1.15 bits per heavy atom. The highest BCUT2D eigenvalue weighted by atomic mass is 19.3. The topological polar surface area (TPSA) is 156 Å². The first-order chi connectivity index (χ1) is 18.9. The Bertz CT molecular complexity index is 1880. The molecule has 1 N–H and O–H groups in total. The van der Waals surface area contributed by atoms with Crippen molar-refractivity contribution in [2.45, 2.75) is 39.8 Å². The Kier molecular flexibility index (Phi) is 6.57. The zero-order valence-corrected chi connectivity index (χ0v) is 21.8. The lowest BCUT2D eigenvalue weighted by molar-refractivity contribution is -0.116. The fraction of sp³-hybridized carbons (Fsp3) is 0.280. The van der Waals surface area contributed by atoms with Crippen molar-refractivity contribution < 1.29 is 18.1 Å². The van der Waals surface area contributed by atoms with Crippen LogP contribution < -0.4 is 16.6 Å². The lowest BCUT2D eigenvalue weighted by Gasteiger charge is -2.13. The number of pyridine rings is 2. The Labute approximate surface area is 224 Å². The maximum absolute atomic E-state index is 13.7. The summed E-state index contributed by atoms with van der Waals surface area (Å²) < 4.78 is 35.9. The molecule has 40 heavy (non-hydrogen) atoms. The van der Waals surface area contributed by atoms with Crippen LogP contribution in [0.3, 0.4) is 0 Å². The number of alkyl halides is 2. The summed E-state index contributed by atoms with van der Waals surface area (Å²) in [4.78, 5) is 55.4. The summed E-state index contributed by atoms with van der Waals surface area (Å²) in [5.41, 5.74) is -0.275. The second kappa shape index (κ2) is 9.91. The molecule has 5 rings (SSSR count). The van der Waals surface area contributed by atoms with Gasteiger partial charge in [0.05, 0.1) is 12.0 Å². The van der Waals surface area contributed by atoms with Crippen LogP contribution in [0.2, 0.25) is 0 Å². The molecule has 0 aliphatic rings. The van der Waals surface area contributed by atoms with E-state index in [1.54, 1.807) is 31.2 Å². The normalized spacial score (nSPS) is 11.8. The third-order valence-corrected chi connectivity index (χ3v) is 6.09. The minimum Gasteiger partial charge on any atom is -0.337 e. The maximum Gasteiger partial charge on any atom is 0.332 e. The minimum absolute atomic E-state index is 0.0320. The van der Waals surface area contributed by atoms with Crippen LogP contribution in [0.15, 0.2) is 50.9 Å². The summed E-state index contributed by atoms with van der Waals surface area (Å²) in [5.74, 6) is -2.97. The van der Waals surface area contributed by atoms with E-state index in [1.807, 2.05) is 0 Å². The molecule has 0 unspecified atom stereocenters. The molecule has 0 atom stereocenters. The molecule has 0 aliphatic heterocycles. The van der Waals surface area contributed by atoms with Gasteiger partial charge in [0.1, 0.15) is 24.6 Å². The molecule has 0 aromatic carbocycles. The number of carbonyl (C=O) groups excluding carboxylic acids is 1. The summed E-state index contributed by atoms with van der Waals surface area (Å²) in [7, 11) is 1.46. The fourth-order valence-corrected chi connectivity index (χ4v) is 4.30. The van der Waals surface area contributed by atoms with Crippen molar-refractivity contribution in [1.82, 2.24) is 38.8 Å². The Morgan fingerprint density at radius 2 is 1.93 bits per heavy atom. The summed E-state index contributed by atoms with van der Waals surface area (Å²) in [6, 6.07) is 6.42. The molecule has 0 saturated heterocycles. The number of hydrogen-bond donors (Lipinski definition) is 1. The first-order valence-electron chi connectivity index (χ1n) is 12.0. The molecule has 0 aliphatic carbocycles. The SMILES string of the molecule is Cc1noc(Cn2c(=O)c3c(ncn3CC(=O)Nc3cccc(-c4cnc(C(C)(F)F)c(C)c4)n3)n(C)c2=O)n1. The van der Waals surface area contributed by atoms with Crippen LogP contribution in [0.1, 0.15) is 29.9 Å². The number of hydrogen-bond acceptors (Lipinski definition) is 9. The Balaban J connectivity index is 1.40. The van der Waals surface area contributed by atoms with Crippen molar-refractivity contribution in [3.63, 3.8) is 0 Å². The monoisotopic (exact) mass is 551 g/mol. The van der Waals surface area contributed by atoms with Gasteiger partial charge in [-0.1, -0.05) is 11.2 Å². The summed E-state index contributed by atoms with van der Waals surface area (Å²) in [6.07, 6.45) is 2.59. The lowest BCUT2D eigenvalue weighted by Crippen LogP contribution is -2.40. The van der Waals surface area contributed by atoms with Gasteiger partial charge >= 0.3 is 5.69 Å². The number of halogens is 2. The first-order valence-corrected chi connectivity index (χ1v) is 12.0. The largest absolute Gasteiger partial charge is 0.337 e. The van der Waals surface area contributed by atoms with E-state index in [0.29, 0.717) is 22.6 Å². The van der Waals surface area contributed by atoms with Crippen LogP contribution in [0.25, 0.3) is 22.4 Å². The number of anilines is 1. The standard InChI is InChI=1S/C25H23F2N9O4/c1-13-8-15(9-28-21(13)25(3,26)27)16-6-5-7-17(31-16)32-18(37)10-35-12-29-22-20(35)23(38)36(24(39)34(22)4)11-19-30-14(2)33-40-19/h5-9,12H,10-11H2,1-4H3,(H,31,32,37). The molecule has 13 nitrogen and oxygen atoms in total. The van der Waals surface area contributed by atoms with E-state index in [4.69, 9.17) is 4.52 Å². The molecule has 5 heterocycles. The highest BCUT2D eigenvalue weighted by Crippen LogP contribution is 2.30. The van der Waals surface area contributed by atoms with Gasteiger partial charge in [-0.15, -0.1) is 0 Å². The smallest absolute Gasteiger partial charge is 0.332 e. The van der Waals surface area contributed by atoms with E-state index < -0.39 is 23.1 Å². The van der Waals surface area contributed by atoms with E-state index in [1.165, 1.54) is 35.6 Å². The number of aromatic nitrogens is 8. The highest BCUT2D eigenvalue weighted by molar-refractivity contribution is 5.90. The van der Waals surface area contributed by atoms with Crippen LogP contribution >= 0.6 is 0 Å². The van der Waals surface area contributed by atoms with Crippen LogP contribution in [-0.2, 0) is 30.9 Å². The van der Waals surface area contributed by atoms with Crippen molar-refractivity contribution in [1.29, 1.82) is 0 Å². The molecular formula is C25H23F2N9O4. The molecule has 0 fully saturated rings.